The van der Waals surface area contributed by atoms with Crippen LogP contribution in [0.5, 0.6) is 5.75 Å². The number of benzene rings is 5. The van der Waals surface area contributed by atoms with E-state index in [1.54, 1.807) is 0 Å². The zero-order valence-corrected chi connectivity index (χ0v) is 31.4. The van der Waals surface area contributed by atoms with Crippen molar-refractivity contribution in [3.8, 4) is 5.75 Å². The van der Waals surface area contributed by atoms with Gasteiger partial charge in [0.15, 0.2) is 88.7 Å². The monoisotopic (exact) mass is 921 g/mol. The maximum absolute atomic E-state index is 15.4. The molecular formula is C40H20BF20NO. The number of pyridine rings is 1. The Morgan fingerprint density at radius 3 is 0.841 bits per heavy atom. The van der Waals surface area contributed by atoms with E-state index in [0.717, 1.165) is 12.3 Å². The lowest BCUT2D eigenvalue weighted by molar-refractivity contribution is -0.688. The minimum absolute atomic E-state index is 0.143. The van der Waals surface area contributed by atoms with Crippen molar-refractivity contribution in [1.82, 2.24) is 0 Å². The van der Waals surface area contributed by atoms with Crippen molar-refractivity contribution < 1.29 is 97.1 Å². The summed E-state index contributed by atoms with van der Waals surface area (Å²) in [5, 5.41) is 0. The summed E-state index contributed by atoms with van der Waals surface area (Å²) >= 11 is 0. The van der Waals surface area contributed by atoms with Crippen LogP contribution in [0.25, 0.3) is 0 Å². The second kappa shape index (κ2) is 17.5. The molecule has 2 nitrogen and oxygen atoms in total. The molecule has 23 heteroatoms. The first-order valence-corrected chi connectivity index (χ1v) is 17.2. The van der Waals surface area contributed by atoms with Gasteiger partial charge in [-0.2, -0.15) is 0 Å². The smallest absolute Gasteiger partial charge is 0.200 e. The van der Waals surface area contributed by atoms with Crippen LogP contribution in [0, 0.1) is 116 Å². The van der Waals surface area contributed by atoms with Gasteiger partial charge in [0.25, 0.3) is 0 Å². The summed E-state index contributed by atoms with van der Waals surface area (Å²) < 4.78 is 302. The van der Waals surface area contributed by atoms with Gasteiger partial charge in [-0.1, -0.05) is 6.07 Å². The Hall–Kier alpha value is -6.29. The van der Waals surface area contributed by atoms with Crippen LogP contribution in [-0.4, -0.2) is 11.7 Å². The van der Waals surface area contributed by atoms with Gasteiger partial charge < -0.3 is 4.74 Å². The standard InChI is InChI=1S/C24BF20.C16H20NO/c26-5-1(6(27)14(35)21(42)13(5)34)25(2-7(28)15(36)22(43)16(37)8(2)29,3-9(30)17(38)23(44)18(39)10(3)31)4-11(32)19(40)24(45)20(41)12(4)33;1-16(2,3)18-15-9-7-14(8-10-15)13-17-11-5-4-6-12-17/h;4-12H,13H2,1-3H3/q-1;+1. The zero-order chi connectivity index (χ0) is 47.4. The molecule has 0 saturated heterocycles. The molecule has 0 aliphatic carbocycles. The van der Waals surface area contributed by atoms with E-state index in [2.05, 4.69) is 49.9 Å². The third-order valence-corrected chi connectivity index (χ3v) is 9.20. The van der Waals surface area contributed by atoms with Crippen LogP contribution in [0.2, 0.25) is 0 Å². The molecule has 0 N–H and O–H groups in total. The number of aromatic nitrogens is 1. The van der Waals surface area contributed by atoms with E-state index in [0.29, 0.717) is 0 Å². The topological polar surface area (TPSA) is 13.1 Å². The normalized spacial score (nSPS) is 11.8. The van der Waals surface area contributed by atoms with Crippen LogP contribution < -0.4 is 31.2 Å². The molecule has 0 atom stereocenters. The SMILES string of the molecule is CC(C)(C)Oc1ccc(C[n+]2ccccc2)cc1.Fc1c(F)c(F)c([B-](c2c(F)c(F)c(F)c(F)c2F)(c2c(F)c(F)c(F)c(F)c2F)c2c(F)c(F)c(F)c(F)c2F)c(F)c1F. The Balaban J connectivity index is 0.000000345. The van der Waals surface area contributed by atoms with Gasteiger partial charge in [-0.25, -0.2) is 92.4 Å². The van der Waals surface area contributed by atoms with Crippen molar-refractivity contribution in [3.05, 3.63) is 177 Å². The van der Waals surface area contributed by atoms with Crippen LogP contribution in [0.3, 0.4) is 0 Å². The number of ether oxygens (including phenoxy) is 1. The van der Waals surface area contributed by atoms with Crippen molar-refractivity contribution in [2.45, 2.75) is 32.9 Å². The Bertz CT molecular complexity index is 2380. The molecule has 5 aromatic carbocycles. The fourth-order valence-electron chi connectivity index (χ4n) is 6.64. The molecule has 0 saturated carbocycles. The lowest BCUT2D eigenvalue weighted by Crippen LogP contribution is -2.81. The lowest BCUT2D eigenvalue weighted by Gasteiger charge is -2.44. The minimum Gasteiger partial charge on any atom is -0.488 e. The van der Waals surface area contributed by atoms with Gasteiger partial charge in [0, 0.05) is 17.7 Å². The average Bonchev–Trinajstić information content (AvgIpc) is 3.24. The van der Waals surface area contributed by atoms with Crippen molar-refractivity contribution in [2.75, 3.05) is 0 Å². The van der Waals surface area contributed by atoms with Crippen LogP contribution >= 0.6 is 0 Å². The summed E-state index contributed by atoms with van der Waals surface area (Å²) in [4.78, 5) is 0. The molecule has 0 bridgehead atoms. The summed E-state index contributed by atoms with van der Waals surface area (Å²) in [6.45, 7) is 7.05. The minimum atomic E-state index is -7.22. The maximum atomic E-state index is 15.4. The quantitative estimate of drug-likeness (QED) is 0.0513. The van der Waals surface area contributed by atoms with E-state index in [9.17, 15) is 52.7 Å². The highest BCUT2D eigenvalue weighted by atomic mass is 19.2. The third kappa shape index (κ3) is 8.12. The van der Waals surface area contributed by atoms with Crippen molar-refractivity contribution in [2.24, 2.45) is 0 Å². The highest BCUT2D eigenvalue weighted by Crippen LogP contribution is 2.31. The van der Waals surface area contributed by atoms with Crippen LogP contribution in [0.1, 0.15) is 26.3 Å². The average molecular weight is 921 g/mol. The molecule has 6 rings (SSSR count). The third-order valence-electron chi connectivity index (χ3n) is 9.20. The molecule has 0 fully saturated rings. The number of hydrogen-bond donors (Lipinski definition) is 0. The molecular weight excluding hydrogens is 901 g/mol. The van der Waals surface area contributed by atoms with Gasteiger partial charge in [-0.15, -0.1) is 21.9 Å². The number of hydrogen-bond acceptors (Lipinski definition) is 1. The molecule has 334 valence electrons. The summed E-state index contributed by atoms with van der Waals surface area (Å²) in [5.74, 6) is -70.5. The summed E-state index contributed by atoms with van der Waals surface area (Å²) in [6.07, 6.45) is -3.08. The highest BCUT2D eigenvalue weighted by molar-refractivity contribution is 7.20. The molecule has 0 spiro atoms. The largest absolute Gasteiger partial charge is 0.488 e. The fourth-order valence-corrected chi connectivity index (χ4v) is 6.64. The number of nitrogens with zero attached hydrogens (tertiary/aromatic N) is 1. The zero-order valence-electron chi connectivity index (χ0n) is 31.4. The van der Waals surface area contributed by atoms with E-state index in [-0.39, 0.29) is 5.60 Å². The molecule has 0 aliphatic heterocycles. The molecule has 6 aromatic rings. The van der Waals surface area contributed by atoms with E-state index in [1.165, 1.54) is 5.56 Å². The first-order chi connectivity index (χ1) is 29.2. The lowest BCUT2D eigenvalue weighted by atomic mass is 9.12. The Morgan fingerprint density at radius 1 is 0.365 bits per heavy atom. The molecule has 0 amide bonds. The molecule has 1 aromatic heterocycles. The van der Waals surface area contributed by atoms with E-state index < -0.39 is 144 Å². The Kier molecular flexibility index (Phi) is 13.2. The van der Waals surface area contributed by atoms with Gasteiger partial charge in [0.05, 0.1) is 0 Å². The highest BCUT2D eigenvalue weighted by Gasteiger charge is 2.52. The summed E-state index contributed by atoms with van der Waals surface area (Å²) in [5.41, 5.74) is -13.2. The number of halogens is 20. The summed E-state index contributed by atoms with van der Waals surface area (Å²) in [7, 11) is 0. The van der Waals surface area contributed by atoms with Gasteiger partial charge in [0.1, 0.15) is 64.0 Å². The first-order valence-electron chi connectivity index (χ1n) is 17.2. The van der Waals surface area contributed by atoms with E-state index in [4.69, 9.17) is 4.74 Å². The maximum Gasteiger partial charge on any atom is 0.200 e. The predicted octanol–water partition coefficient (Wildman–Crippen LogP) is 9.05. The molecule has 0 radical (unpaired) electrons. The second-order valence-corrected chi connectivity index (χ2v) is 14.2. The Labute approximate surface area is 340 Å². The van der Waals surface area contributed by atoms with Crippen molar-refractivity contribution >= 4 is 28.0 Å². The van der Waals surface area contributed by atoms with E-state index >= 15 is 35.1 Å². The van der Waals surface area contributed by atoms with Crippen molar-refractivity contribution in [1.29, 1.82) is 0 Å². The summed E-state index contributed by atoms with van der Waals surface area (Å²) in [6, 6.07) is 14.4. The van der Waals surface area contributed by atoms with E-state index in [1.807, 2.05) is 30.3 Å². The van der Waals surface area contributed by atoms with Crippen LogP contribution in [0.4, 0.5) is 87.8 Å². The van der Waals surface area contributed by atoms with Gasteiger partial charge >= 0.3 is 0 Å². The van der Waals surface area contributed by atoms with Gasteiger partial charge in [-0.05, 0) is 45.0 Å². The van der Waals surface area contributed by atoms with Crippen LogP contribution in [-0.2, 0) is 6.54 Å². The van der Waals surface area contributed by atoms with Gasteiger partial charge in [0.2, 0.25) is 0 Å². The predicted molar refractivity (Wildman–Crippen MR) is 182 cm³/mol. The Morgan fingerprint density at radius 2 is 0.603 bits per heavy atom. The molecule has 1 heterocycles. The van der Waals surface area contributed by atoms with Crippen LogP contribution in [0.15, 0.2) is 54.9 Å². The first kappa shape index (κ1) is 47.8. The number of rotatable bonds is 7. The second-order valence-electron chi connectivity index (χ2n) is 14.2. The fraction of sp³-hybridized carbons (Fsp3) is 0.125. The molecule has 0 unspecified atom stereocenters. The van der Waals surface area contributed by atoms with Gasteiger partial charge in [-0.3, -0.25) is 0 Å². The molecule has 63 heavy (non-hydrogen) atoms. The van der Waals surface area contributed by atoms with Crippen molar-refractivity contribution in [3.63, 3.8) is 0 Å². The molecule has 0 aliphatic rings.